The lowest BCUT2D eigenvalue weighted by Crippen LogP contribution is -2.08. The fourth-order valence-corrected chi connectivity index (χ4v) is 2.48. The molecule has 0 unspecified atom stereocenters. The molecular weight excluding hydrogens is 298 g/mol. The van der Waals surface area contributed by atoms with Crippen molar-refractivity contribution in [3.8, 4) is 5.88 Å². The summed E-state index contributed by atoms with van der Waals surface area (Å²) in [5.74, 6) is -0.304. The van der Waals surface area contributed by atoms with Gasteiger partial charge in [0.05, 0.1) is 16.6 Å². The lowest BCUT2D eigenvalue weighted by atomic mass is 10.1. The van der Waals surface area contributed by atoms with E-state index in [-0.39, 0.29) is 22.6 Å². The SMILES string of the molecule is CCOC(=O)c1c(O)n2ccc(CCCl)cc2cc1=S. The summed E-state index contributed by atoms with van der Waals surface area (Å²) in [5.41, 5.74) is 1.77. The molecule has 106 valence electrons. The third-order valence-electron chi connectivity index (χ3n) is 2.89. The second-order valence-electron chi connectivity index (χ2n) is 4.20. The van der Waals surface area contributed by atoms with E-state index in [1.165, 1.54) is 4.40 Å². The molecule has 0 aliphatic heterocycles. The van der Waals surface area contributed by atoms with E-state index in [1.54, 1.807) is 19.2 Å². The van der Waals surface area contributed by atoms with E-state index in [0.29, 0.717) is 11.4 Å². The van der Waals surface area contributed by atoms with Gasteiger partial charge in [-0.05, 0) is 37.1 Å². The Labute approximate surface area is 126 Å². The zero-order chi connectivity index (χ0) is 14.7. The molecule has 2 aromatic heterocycles. The first-order valence-electron chi connectivity index (χ1n) is 6.18. The van der Waals surface area contributed by atoms with Crippen LogP contribution in [0.3, 0.4) is 0 Å². The Morgan fingerprint density at radius 3 is 2.90 bits per heavy atom. The number of ether oxygens (including phenoxy) is 1. The predicted molar refractivity (Wildman–Crippen MR) is 80.3 cm³/mol. The van der Waals surface area contributed by atoms with E-state index in [0.717, 1.165) is 12.0 Å². The number of rotatable bonds is 4. The third-order valence-corrected chi connectivity index (χ3v) is 3.40. The van der Waals surface area contributed by atoms with Crippen LogP contribution in [-0.2, 0) is 11.2 Å². The molecule has 6 heteroatoms. The van der Waals surface area contributed by atoms with Gasteiger partial charge < -0.3 is 9.84 Å². The zero-order valence-corrected chi connectivity index (χ0v) is 12.5. The third kappa shape index (κ3) is 2.78. The van der Waals surface area contributed by atoms with Gasteiger partial charge in [-0.2, -0.15) is 0 Å². The number of nitrogens with zero attached hydrogens (tertiary/aromatic N) is 1. The van der Waals surface area contributed by atoms with Crippen LogP contribution in [0.25, 0.3) is 5.52 Å². The normalized spacial score (nSPS) is 10.7. The molecule has 2 heterocycles. The summed E-state index contributed by atoms with van der Waals surface area (Å²) in [5, 5.41) is 10.2. The molecule has 0 amide bonds. The molecule has 0 saturated carbocycles. The number of hydrogen-bond donors (Lipinski definition) is 1. The zero-order valence-electron chi connectivity index (χ0n) is 10.9. The average molecular weight is 312 g/mol. The smallest absolute Gasteiger partial charge is 0.345 e. The summed E-state index contributed by atoms with van der Waals surface area (Å²) < 4.78 is 6.67. The van der Waals surface area contributed by atoms with Crippen LogP contribution in [0.1, 0.15) is 22.8 Å². The van der Waals surface area contributed by atoms with Crippen LogP contribution in [0.5, 0.6) is 5.88 Å². The van der Waals surface area contributed by atoms with Crippen LogP contribution in [0.15, 0.2) is 24.4 Å². The maximum absolute atomic E-state index is 11.8. The van der Waals surface area contributed by atoms with Crippen molar-refractivity contribution in [3.05, 3.63) is 40.0 Å². The number of carbonyl (C=O) groups is 1. The summed E-state index contributed by atoms with van der Waals surface area (Å²) in [7, 11) is 0. The number of aromatic hydroxyl groups is 1. The minimum absolute atomic E-state index is 0.0180. The molecule has 2 rings (SSSR count). The molecule has 4 nitrogen and oxygen atoms in total. The quantitative estimate of drug-likeness (QED) is 0.534. The number of carbonyl (C=O) groups excluding carboxylic acids is 1. The minimum atomic E-state index is -0.616. The summed E-state index contributed by atoms with van der Waals surface area (Å²) in [4.78, 5) is 11.8. The van der Waals surface area contributed by atoms with Gasteiger partial charge in [0, 0.05) is 12.1 Å². The average Bonchev–Trinajstić information content (AvgIpc) is 2.39. The van der Waals surface area contributed by atoms with E-state index < -0.39 is 5.97 Å². The molecule has 0 aliphatic carbocycles. The van der Waals surface area contributed by atoms with Gasteiger partial charge in [0.25, 0.3) is 0 Å². The van der Waals surface area contributed by atoms with Gasteiger partial charge in [0.1, 0.15) is 5.56 Å². The number of aryl methyl sites for hydroxylation is 1. The molecular formula is C14H14ClNO3S. The first kappa shape index (κ1) is 14.8. The number of halogens is 1. The number of pyridine rings is 2. The standard InChI is InChI=1S/C14H14ClNO3S/c1-2-19-14(18)12-11(20)8-10-7-9(3-5-15)4-6-16(10)13(12)17/h4,6-8,17H,2-3,5H2,1H3. The Morgan fingerprint density at radius 2 is 2.25 bits per heavy atom. The molecule has 2 aromatic rings. The van der Waals surface area contributed by atoms with Gasteiger partial charge >= 0.3 is 5.97 Å². The Hall–Kier alpha value is -1.59. The number of hydrogen-bond acceptors (Lipinski definition) is 4. The van der Waals surface area contributed by atoms with Gasteiger partial charge in [0.2, 0.25) is 5.88 Å². The van der Waals surface area contributed by atoms with Crippen molar-refractivity contribution in [1.82, 2.24) is 4.40 Å². The number of esters is 1. The van der Waals surface area contributed by atoms with Crippen LogP contribution in [0, 0.1) is 4.51 Å². The van der Waals surface area contributed by atoms with E-state index >= 15 is 0 Å². The van der Waals surface area contributed by atoms with Crippen LogP contribution in [0.4, 0.5) is 0 Å². The second kappa shape index (κ2) is 6.24. The van der Waals surface area contributed by atoms with E-state index in [1.807, 2.05) is 12.1 Å². The highest BCUT2D eigenvalue weighted by Crippen LogP contribution is 2.23. The second-order valence-corrected chi connectivity index (χ2v) is 5.01. The fourth-order valence-electron chi connectivity index (χ4n) is 1.96. The highest BCUT2D eigenvalue weighted by Gasteiger charge is 2.17. The Balaban J connectivity index is 2.62. The first-order valence-corrected chi connectivity index (χ1v) is 7.13. The van der Waals surface area contributed by atoms with Crippen LogP contribution < -0.4 is 0 Å². The highest BCUT2D eigenvalue weighted by atomic mass is 35.5. The van der Waals surface area contributed by atoms with Crippen LogP contribution in [0.2, 0.25) is 0 Å². The van der Waals surface area contributed by atoms with Gasteiger partial charge in [-0.15, -0.1) is 11.6 Å². The molecule has 0 atom stereocenters. The summed E-state index contributed by atoms with van der Waals surface area (Å²) in [6, 6.07) is 5.39. The molecule has 0 bridgehead atoms. The number of aromatic nitrogens is 1. The van der Waals surface area contributed by atoms with Gasteiger partial charge in [-0.25, -0.2) is 4.79 Å². The lowest BCUT2D eigenvalue weighted by Gasteiger charge is -2.10. The molecule has 0 radical (unpaired) electrons. The van der Waals surface area contributed by atoms with Gasteiger partial charge in [-0.1, -0.05) is 12.2 Å². The van der Waals surface area contributed by atoms with Crippen LogP contribution >= 0.6 is 23.8 Å². The summed E-state index contributed by atoms with van der Waals surface area (Å²) in [6.07, 6.45) is 2.41. The highest BCUT2D eigenvalue weighted by molar-refractivity contribution is 7.71. The molecule has 0 aromatic carbocycles. The van der Waals surface area contributed by atoms with Gasteiger partial charge in [-0.3, -0.25) is 4.40 Å². The number of fused-ring (bicyclic) bond motifs is 1. The molecule has 0 aliphatic rings. The van der Waals surface area contributed by atoms with E-state index in [4.69, 9.17) is 28.6 Å². The van der Waals surface area contributed by atoms with Crippen molar-refractivity contribution in [2.45, 2.75) is 13.3 Å². The summed E-state index contributed by atoms with van der Waals surface area (Å²) >= 11 is 10.9. The Morgan fingerprint density at radius 1 is 1.50 bits per heavy atom. The van der Waals surface area contributed by atoms with Crippen molar-refractivity contribution in [2.24, 2.45) is 0 Å². The molecule has 1 N–H and O–H groups in total. The van der Waals surface area contributed by atoms with E-state index in [9.17, 15) is 9.90 Å². The fraction of sp³-hybridized carbons (Fsp3) is 0.286. The Bertz CT molecular complexity index is 711. The van der Waals surface area contributed by atoms with Crippen molar-refractivity contribution in [1.29, 1.82) is 0 Å². The molecule has 0 spiro atoms. The number of alkyl halides is 1. The van der Waals surface area contributed by atoms with E-state index in [2.05, 4.69) is 0 Å². The lowest BCUT2D eigenvalue weighted by molar-refractivity contribution is 0.0521. The Kier molecular flexibility index (Phi) is 4.62. The van der Waals surface area contributed by atoms with Gasteiger partial charge in [0.15, 0.2) is 0 Å². The predicted octanol–water partition coefficient (Wildman–Crippen LogP) is 3.33. The minimum Gasteiger partial charge on any atom is -0.494 e. The maximum atomic E-state index is 11.8. The van der Waals surface area contributed by atoms with Crippen molar-refractivity contribution in [2.75, 3.05) is 12.5 Å². The monoisotopic (exact) mass is 311 g/mol. The molecule has 20 heavy (non-hydrogen) atoms. The van der Waals surface area contributed by atoms with Crippen molar-refractivity contribution < 1.29 is 14.6 Å². The van der Waals surface area contributed by atoms with Crippen molar-refractivity contribution in [3.63, 3.8) is 0 Å². The summed E-state index contributed by atoms with van der Waals surface area (Å²) in [6.45, 7) is 1.93. The molecule has 0 saturated heterocycles. The molecule has 0 fully saturated rings. The van der Waals surface area contributed by atoms with Crippen molar-refractivity contribution >= 4 is 35.3 Å². The first-order chi connectivity index (χ1) is 9.58. The van der Waals surface area contributed by atoms with Crippen LogP contribution in [-0.4, -0.2) is 28.0 Å². The maximum Gasteiger partial charge on any atom is 0.345 e. The topological polar surface area (TPSA) is 50.9 Å². The largest absolute Gasteiger partial charge is 0.494 e.